The Kier molecular flexibility index (Phi) is 5.51. The number of aromatic nitrogens is 2. The topological polar surface area (TPSA) is 56.3 Å². The first-order valence-corrected chi connectivity index (χ1v) is 6.94. The molecular weight excluding hydrogens is 266 g/mol. The second kappa shape index (κ2) is 7.59. The quantitative estimate of drug-likeness (QED) is 0.847. The van der Waals surface area contributed by atoms with E-state index in [0.717, 1.165) is 18.5 Å². The third kappa shape index (κ3) is 3.92. The highest BCUT2D eigenvalue weighted by Crippen LogP contribution is 2.26. The molecule has 1 aromatic heterocycles. The predicted octanol–water partition coefficient (Wildman–Crippen LogP) is 2.39. The van der Waals surface area contributed by atoms with Crippen LogP contribution in [-0.2, 0) is 6.42 Å². The third-order valence-electron chi connectivity index (χ3n) is 3.39. The highest BCUT2D eigenvalue weighted by Gasteiger charge is 2.18. The molecule has 0 aliphatic rings. The van der Waals surface area contributed by atoms with Crippen LogP contribution in [0.1, 0.15) is 23.7 Å². The van der Waals surface area contributed by atoms with Gasteiger partial charge in [-0.15, -0.1) is 0 Å². The van der Waals surface area contributed by atoms with Crippen LogP contribution in [0.2, 0.25) is 0 Å². The molecule has 112 valence electrons. The third-order valence-corrected chi connectivity index (χ3v) is 3.39. The van der Waals surface area contributed by atoms with Crippen molar-refractivity contribution < 1.29 is 9.47 Å². The molecule has 21 heavy (non-hydrogen) atoms. The molecule has 0 aliphatic heterocycles. The second-order valence-electron chi connectivity index (χ2n) is 4.67. The van der Waals surface area contributed by atoms with Gasteiger partial charge in [0.1, 0.15) is 5.69 Å². The normalized spacial score (nSPS) is 12.0. The fourth-order valence-corrected chi connectivity index (χ4v) is 2.23. The largest absolute Gasteiger partial charge is 0.480 e. The molecular formula is C16H21N3O2. The maximum atomic E-state index is 5.33. The molecule has 1 unspecified atom stereocenters. The van der Waals surface area contributed by atoms with Gasteiger partial charge in [-0.05, 0) is 25.5 Å². The molecule has 1 heterocycles. The van der Waals surface area contributed by atoms with E-state index in [1.165, 1.54) is 5.56 Å². The number of benzene rings is 1. The van der Waals surface area contributed by atoms with Gasteiger partial charge >= 0.3 is 0 Å². The SMILES string of the molecule is CNC(CCc1ccccc1)c1ncc(OC)nc1OC. The predicted molar refractivity (Wildman–Crippen MR) is 81.7 cm³/mol. The zero-order chi connectivity index (χ0) is 15.1. The lowest BCUT2D eigenvalue weighted by atomic mass is 10.0. The average Bonchev–Trinajstić information content (AvgIpc) is 2.56. The van der Waals surface area contributed by atoms with E-state index < -0.39 is 0 Å². The van der Waals surface area contributed by atoms with Gasteiger partial charge in [-0.25, -0.2) is 4.98 Å². The van der Waals surface area contributed by atoms with Crippen molar-refractivity contribution in [3.63, 3.8) is 0 Å². The van der Waals surface area contributed by atoms with Crippen LogP contribution in [0.25, 0.3) is 0 Å². The Morgan fingerprint density at radius 1 is 1.14 bits per heavy atom. The van der Waals surface area contributed by atoms with Crippen LogP contribution < -0.4 is 14.8 Å². The fourth-order valence-electron chi connectivity index (χ4n) is 2.23. The molecule has 2 rings (SSSR count). The summed E-state index contributed by atoms with van der Waals surface area (Å²) in [6.07, 6.45) is 3.49. The van der Waals surface area contributed by atoms with Crippen molar-refractivity contribution in [3.05, 3.63) is 47.8 Å². The molecule has 0 fully saturated rings. The first-order valence-electron chi connectivity index (χ1n) is 6.94. The van der Waals surface area contributed by atoms with Gasteiger partial charge in [-0.1, -0.05) is 30.3 Å². The summed E-state index contributed by atoms with van der Waals surface area (Å²) in [7, 11) is 5.08. The van der Waals surface area contributed by atoms with E-state index in [1.54, 1.807) is 20.4 Å². The Balaban J connectivity index is 2.13. The molecule has 0 amide bonds. The molecule has 0 saturated heterocycles. The molecule has 0 aliphatic carbocycles. The van der Waals surface area contributed by atoms with Crippen LogP contribution in [-0.4, -0.2) is 31.2 Å². The number of hydrogen-bond donors (Lipinski definition) is 1. The first-order chi connectivity index (χ1) is 10.3. The zero-order valence-corrected chi connectivity index (χ0v) is 12.7. The molecule has 0 bridgehead atoms. The lowest BCUT2D eigenvalue weighted by molar-refractivity contribution is 0.349. The monoisotopic (exact) mass is 287 g/mol. The van der Waals surface area contributed by atoms with Crippen molar-refractivity contribution >= 4 is 0 Å². The number of aryl methyl sites for hydroxylation is 1. The minimum Gasteiger partial charge on any atom is -0.480 e. The zero-order valence-electron chi connectivity index (χ0n) is 12.7. The van der Waals surface area contributed by atoms with Crippen molar-refractivity contribution in [2.24, 2.45) is 0 Å². The van der Waals surface area contributed by atoms with Gasteiger partial charge in [0, 0.05) is 0 Å². The number of methoxy groups -OCH3 is 2. The van der Waals surface area contributed by atoms with Crippen molar-refractivity contribution in [2.45, 2.75) is 18.9 Å². The molecule has 0 saturated carbocycles. The number of hydrogen-bond acceptors (Lipinski definition) is 5. The van der Waals surface area contributed by atoms with Gasteiger partial charge in [0.25, 0.3) is 0 Å². The van der Waals surface area contributed by atoms with E-state index in [-0.39, 0.29) is 6.04 Å². The van der Waals surface area contributed by atoms with Crippen molar-refractivity contribution in [1.29, 1.82) is 0 Å². The van der Waals surface area contributed by atoms with Crippen LogP contribution in [0, 0.1) is 0 Å². The van der Waals surface area contributed by atoms with Gasteiger partial charge in [0.2, 0.25) is 11.8 Å². The van der Waals surface area contributed by atoms with Crippen molar-refractivity contribution in [3.8, 4) is 11.8 Å². The smallest absolute Gasteiger partial charge is 0.240 e. The molecule has 5 heteroatoms. The van der Waals surface area contributed by atoms with E-state index in [9.17, 15) is 0 Å². The summed E-state index contributed by atoms with van der Waals surface area (Å²) >= 11 is 0. The fraction of sp³-hybridized carbons (Fsp3) is 0.375. The average molecular weight is 287 g/mol. The standard InChI is InChI=1S/C16H21N3O2/c1-17-13(10-9-12-7-5-4-6-8-12)15-16(21-3)19-14(20-2)11-18-15/h4-8,11,13,17H,9-10H2,1-3H3. The Bertz CT molecular complexity index is 561. The van der Waals surface area contributed by atoms with Gasteiger partial charge in [-0.3, -0.25) is 0 Å². The van der Waals surface area contributed by atoms with Gasteiger partial charge in [0.05, 0.1) is 26.5 Å². The minimum absolute atomic E-state index is 0.0820. The number of nitrogens with zero attached hydrogens (tertiary/aromatic N) is 2. The maximum Gasteiger partial charge on any atom is 0.240 e. The van der Waals surface area contributed by atoms with Gasteiger partial charge < -0.3 is 14.8 Å². The van der Waals surface area contributed by atoms with Gasteiger partial charge in [-0.2, -0.15) is 4.98 Å². The minimum atomic E-state index is 0.0820. The Hall–Kier alpha value is -2.14. The Morgan fingerprint density at radius 2 is 1.90 bits per heavy atom. The van der Waals surface area contributed by atoms with Crippen LogP contribution in [0.3, 0.4) is 0 Å². The van der Waals surface area contributed by atoms with Crippen LogP contribution >= 0.6 is 0 Å². The summed E-state index contributed by atoms with van der Waals surface area (Å²) < 4.78 is 10.4. The summed E-state index contributed by atoms with van der Waals surface area (Å²) in [6.45, 7) is 0. The Morgan fingerprint density at radius 3 is 2.52 bits per heavy atom. The van der Waals surface area contributed by atoms with Gasteiger partial charge in [0.15, 0.2) is 0 Å². The molecule has 5 nitrogen and oxygen atoms in total. The van der Waals surface area contributed by atoms with Crippen LogP contribution in [0.5, 0.6) is 11.8 Å². The highest BCUT2D eigenvalue weighted by atomic mass is 16.5. The summed E-state index contributed by atoms with van der Waals surface area (Å²) in [6, 6.07) is 10.5. The lowest BCUT2D eigenvalue weighted by Gasteiger charge is -2.18. The summed E-state index contributed by atoms with van der Waals surface area (Å²) in [4.78, 5) is 8.72. The molecule has 1 N–H and O–H groups in total. The maximum absolute atomic E-state index is 5.33. The number of nitrogens with one attached hydrogen (secondary N) is 1. The van der Waals surface area contributed by atoms with Crippen LogP contribution in [0.4, 0.5) is 0 Å². The molecule has 1 aromatic carbocycles. The summed E-state index contributed by atoms with van der Waals surface area (Å²) in [5.41, 5.74) is 2.11. The molecule has 0 radical (unpaired) electrons. The molecule has 1 atom stereocenters. The van der Waals surface area contributed by atoms with E-state index in [2.05, 4.69) is 39.6 Å². The molecule has 0 spiro atoms. The first kappa shape index (κ1) is 15.3. The molecule has 2 aromatic rings. The van der Waals surface area contributed by atoms with E-state index in [1.807, 2.05) is 13.1 Å². The summed E-state index contributed by atoms with van der Waals surface area (Å²) in [5.74, 6) is 0.954. The van der Waals surface area contributed by atoms with Crippen molar-refractivity contribution in [2.75, 3.05) is 21.3 Å². The summed E-state index contributed by atoms with van der Waals surface area (Å²) in [5, 5.41) is 3.28. The Labute approximate surface area is 125 Å². The van der Waals surface area contributed by atoms with E-state index in [4.69, 9.17) is 9.47 Å². The number of rotatable bonds is 7. The highest BCUT2D eigenvalue weighted by molar-refractivity contribution is 5.26. The van der Waals surface area contributed by atoms with Crippen molar-refractivity contribution in [1.82, 2.24) is 15.3 Å². The second-order valence-corrected chi connectivity index (χ2v) is 4.67. The van der Waals surface area contributed by atoms with Crippen LogP contribution in [0.15, 0.2) is 36.5 Å². The lowest BCUT2D eigenvalue weighted by Crippen LogP contribution is -2.20. The van der Waals surface area contributed by atoms with E-state index >= 15 is 0 Å². The van der Waals surface area contributed by atoms with E-state index in [0.29, 0.717) is 11.8 Å². The number of ether oxygens (including phenoxy) is 2.